The summed E-state index contributed by atoms with van der Waals surface area (Å²) in [5, 5.41) is 11.0. The number of hydrogen-bond acceptors (Lipinski definition) is 3. The van der Waals surface area contributed by atoms with Gasteiger partial charge in [-0.05, 0) is 35.1 Å². The van der Waals surface area contributed by atoms with Crippen molar-refractivity contribution in [2.45, 2.75) is 13.3 Å². The molecule has 1 amide bonds. The summed E-state index contributed by atoms with van der Waals surface area (Å²) in [5.74, 6) is -0.462. The van der Waals surface area contributed by atoms with E-state index in [1.54, 1.807) is 6.07 Å². The summed E-state index contributed by atoms with van der Waals surface area (Å²) in [5.41, 5.74) is 0.507. The molecular formula is C10H13IN2O3. The smallest absolute Gasteiger partial charge is 0.261 e. The average molecular weight is 336 g/mol. The van der Waals surface area contributed by atoms with Crippen LogP contribution in [0.2, 0.25) is 0 Å². The Morgan fingerprint density at radius 1 is 1.62 bits per heavy atom. The summed E-state index contributed by atoms with van der Waals surface area (Å²) in [6.45, 7) is 1.93. The number of carbonyl (C=O) groups is 1. The van der Waals surface area contributed by atoms with Crippen LogP contribution in [-0.2, 0) is 6.42 Å². The lowest BCUT2D eigenvalue weighted by atomic mass is 10.2. The van der Waals surface area contributed by atoms with Crippen LogP contribution in [0, 0.1) is 3.57 Å². The summed E-state index contributed by atoms with van der Waals surface area (Å²) in [4.78, 5) is 25.8. The third-order valence-electron chi connectivity index (χ3n) is 2.06. The largest absolute Gasteiger partial charge is 0.395 e. The van der Waals surface area contributed by atoms with E-state index in [-0.39, 0.29) is 18.7 Å². The van der Waals surface area contributed by atoms with Gasteiger partial charge in [0, 0.05) is 15.8 Å². The number of nitrogens with one attached hydrogen (secondary N) is 2. The van der Waals surface area contributed by atoms with Crippen molar-refractivity contribution < 1.29 is 9.90 Å². The molecule has 5 nitrogen and oxygen atoms in total. The third kappa shape index (κ3) is 3.05. The Bertz CT molecular complexity index is 442. The number of aromatic nitrogens is 1. The Morgan fingerprint density at radius 2 is 2.31 bits per heavy atom. The Hall–Kier alpha value is -0.890. The maximum Gasteiger partial charge on any atom is 0.261 e. The maximum atomic E-state index is 11.6. The number of H-pyrrole nitrogens is 1. The molecule has 0 saturated heterocycles. The fraction of sp³-hybridized carbons (Fsp3) is 0.400. The van der Waals surface area contributed by atoms with E-state index < -0.39 is 11.5 Å². The van der Waals surface area contributed by atoms with Crippen LogP contribution in [0.1, 0.15) is 23.0 Å². The molecule has 0 radical (unpaired) electrons. The normalized spacial score (nSPS) is 10.2. The molecule has 0 saturated carbocycles. The number of aliphatic hydroxyl groups excluding tert-OH is 1. The predicted octanol–water partition coefficient (Wildman–Crippen LogP) is 0.264. The van der Waals surface area contributed by atoms with Gasteiger partial charge in [-0.15, -0.1) is 0 Å². The SMILES string of the molecule is CCc1[nH]c(=O)c(C(=O)NCCO)cc1I. The molecule has 0 aliphatic rings. The van der Waals surface area contributed by atoms with E-state index in [1.807, 2.05) is 6.92 Å². The number of aliphatic hydroxyl groups is 1. The van der Waals surface area contributed by atoms with Crippen LogP contribution < -0.4 is 10.9 Å². The number of rotatable bonds is 4. The fourth-order valence-corrected chi connectivity index (χ4v) is 2.06. The van der Waals surface area contributed by atoms with Crippen molar-refractivity contribution >= 4 is 28.5 Å². The van der Waals surface area contributed by atoms with Gasteiger partial charge in [-0.1, -0.05) is 6.92 Å². The van der Waals surface area contributed by atoms with E-state index in [0.717, 1.165) is 9.26 Å². The minimum atomic E-state index is -0.462. The van der Waals surface area contributed by atoms with Gasteiger partial charge in [-0.2, -0.15) is 0 Å². The van der Waals surface area contributed by atoms with Crippen molar-refractivity contribution in [2.75, 3.05) is 13.2 Å². The maximum absolute atomic E-state index is 11.6. The number of hydrogen-bond donors (Lipinski definition) is 3. The highest BCUT2D eigenvalue weighted by atomic mass is 127. The van der Waals surface area contributed by atoms with Crippen molar-refractivity contribution in [2.24, 2.45) is 0 Å². The molecule has 88 valence electrons. The van der Waals surface area contributed by atoms with Crippen LogP contribution in [0.5, 0.6) is 0 Å². The Balaban J connectivity index is 3.02. The zero-order chi connectivity index (χ0) is 12.1. The van der Waals surface area contributed by atoms with E-state index in [9.17, 15) is 9.59 Å². The van der Waals surface area contributed by atoms with Gasteiger partial charge in [0.25, 0.3) is 11.5 Å². The molecule has 0 bridgehead atoms. The number of halogens is 1. The zero-order valence-corrected chi connectivity index (χ0v) is 11.0. The van der Waals surface area contributed by atoms with Crippen LogP contribution in [-0.4, -0.2) is 29.1 Å². The van der Waals surface area contributed by atoms with Gasteiger partial charge in [0.1, 0.15) is 5.56 Å². The van der Waals surface area contributed by atoms with Gasteiger partial charge in [-0.25, -0.2) is 0 Å². The first-order valence-electron chi connectivity index (χ1n) is 4.91. The van der Waals surface area contributed by atoms with Crippen LogP contribution in [0.15, 0.2) is 10.9 Å². The van der Waals surface area contributed by atoms with Gasteiger partial charge in [0.05, 0.1) is 6.61 Å². The van der Waals surface area contributed by atoms with Crippen LogP contribution in [0.4, 0.5) is 0 Å². The lowest BCUT2D eigenvalue weighted by molar-refractivity contribution is 0.0943. The third-order valence-corrected chi connectivity index (χ3v) is 3.03. The van der Waals surface area contributed by atoms with Gasteiger partial charge in [0.15, 0.2) is 0 Å². The molecule has 0 spiro atoms. The molecule has 0 fully saturated rings. The second-order valence-corrected chi connectivity index (χ2v) is 4.33. The van der Waals surface area contributed by atoms with E-state index in [0.29, 0.717) is 6.42 Å². The van der Waals surface area contributed by atoms with Crippen LogP contribution in [0.25, 0.3) is 0 Å². The van der Waals surface area contributed by atoms with Crippen molar-refractivity contribution in [1.29, 1.82) is 0 Å². The number of aromatic amines is 1. The molecule has 3 N–H and O–H groups in total. The molecule has 0 atom stereocenters. The number of amides is 1. The first kappa shape index (κ1) is 13.2. The number of pyridine rings is 1. The van der Waals surface area contributed by atoms with Crippen molar-refractivity contribution in [1.82, 2.24) is 10.3 Å². The first-order chi connectivity index (χ1) is 7.60. The minimum Gasteiger partial charge on any atom is -0.395 e. The number of carbonyl (C=O) groups excluding carboxylic acids is 1. The minimum absolute atomic E-state index is 0.0788. The average Bonchev–Trinajstić information content (AvgIpc) is 2.28. The van der Waals surface area contributed by atoms with Gasteiger partial charge >= 0.3 is 0 Å². The molecule has 0 aliphatic heterocycles. The molecule has 1 aromatic heterocycles. The van der Waals surface area contributed by atoms with Gasteiger partial charge in [-0.3, -0.25) is 9.59 Å². The van der Waals surface area contributed by atoms with Crippen LogP contribution >= 0.6 is 22.6 Å². The van der Waals surface area contributed by atoms with Gasteiger partial charge in [0.2, 0.25) is 0 Å². The molecule has 1 rings (SSSR count). The molecule has 0 aliphatic carbocycles. The van der Waals surface area contributed by atoms with Crippen molar-refractivity contribution in [3.63, 3.8) is 0 Å². The molecule has 16 heavy (non-hydrogen) atoms. The van der Waals surface area contributed by atoms with E-state index >= 15 is 0 Å². The Labute approximate surface area is 106 Å². The predicted molar refractivity (Wildman–Crippen MR) is 68.6 cm³/mol. The van der Waals surface area contributed by atoms with E-state index in [1.165, 1.54) is 0 Å². The van der Waals surface area contributed by atoms with Gasteiger partial charge < -0.3 is 15.4 Å². The zero-order valence-electron chi connectivity index (χ0n) is 8.84. The van der Waals surface area contributed by atoms with Crippen LogP contribution in [0.3, 0.4) is 0 Å². The first-order valence-corrected chi connectivity index (χ1v) is 5.98. The molecular weight excluding hydrogens is 323 g/mol. The Kier molecular flexibility index (Phi) is 4.94. The molecule has 0 unspecified atom stereocenters. The lowest BCUT2D eigenvalue weighted by Crippen LogP contribution is -2.32. The monoisotopic (exact) mass is 336 g/mol. The summed E-state index contributed by atoms with van der Waals surface area (Å²) in [7, 11) is 0. The highest BCUT2D eigenvalue weighted by Crippen LogP contribution is 2.09. The van der Waals surface area contributed by atoms with E-state index in [2.05, 4.69) is 32.9 Å². The quantitative estimate of drug-likeness (QED) is 0.690. The topological polar surface area (TPSA) is 82.2 Å². The fourth-order valence-electron chi connectivity index (χ4n) is 1.23. The van der Waals surface area contributed by atoms with E-state index in [4.69, 9.17) is 5.11 Å². The standard InChI is InChI=1S/C10H13IN2O3/c1-2-8-7(11)5-6(10(16)13-8)9(15)12-3-4-14/h5,14H,2-4H2,1H3,(H,12,15)(H,13,16). The highest BCUT2D eigenvalue weighted by Gasteiger charge is 2.12. The Morgan fingerprint density at radius 3 is 2.88 bits per heavy atom. The van der Waals surface area contributed by atoms with Crippen molar-refractivity contribution in [3.8, 4) is 0 Å². The number of aryl methyl sites for hydroxylation is 1. The van der Waals surface area contributed by atoms with Crippen molar-refractivity contribution in [3.05, 3.63) is 31.2 Å². The second-order valence-electron chi connectivity index (χ2n) is 3.17. The molecule has 1 aromatic rings. The highest BCUT2D eigenvalue weighted by molar-refractivity contribution is 14.1. The lowest BCUT2D eigenvalue weighted by Gasteiger charge is -2.05. The molecule has 0 aromatic carbocycles. The summed E-state index contributed by atoms with van der Waals surface area (Å²) in [6.07, 6.45) is 0.714. The second kappa shape index (κ2) is 6.00. The molecule has 1 heterocycles. The molecule has 6 heteroatoms. The summed E-state index contributed by atoms with van der Waals surface area (Å²) < 4.78 is 0.855. The summed E-state index contributed by atoms with van der Waals surface area (Å²) >= 11 is 2.07. The summed E-state index contributed by atoms with van der Waals surface area (Å²) in [6, 6.07) is 1.56.